The first-order valence-corrected chi connectivity index (χ1v) is 15.1. The van der Waals surface area contributed by atoms with Crippen molar-refractivity contribution in [1.29, 1.82) is 0 Å². The summed E-state index contributed by atoms with van der Waals surface area (Å²) in [6, 6.07) is 41.6. The standard InChI is InChI=1S/C40H33N3/c1-5-27-28-16-10-12-20-33(28)42-39-37(27)38(41-4)30-24-26(25-14-7-6-8-15-25)22-23-34(30)43(39)35-21-13-19-32-36(35)29-17-9-11-18-31(29)40(32,2)3/h6-24H,5H2,1-4H3. The molecule has 5 aromatic carbocycles. The summed E-state index contributed by atoms with van der Waals surface area (Å²) in [6.45, 7) is 6.93. The van der Waals surface area contributed by atoms with Crippen molar-refractivity contribution in [2.75, 3.05) is 7.05 Å². The summed E-state index contributed by atoms with van der Waals surface area (Å²) >= 11 is 0. The van der Waals surface area contributed by atoms with Gasteiger partial charge < -0.3 is 0 Å². The van der Waals surface area contributed by atoms with Gasteiger partial charge in [-0.2, -0.15) is 0 Å². The number of para-hydroxylation sites is 1. The molecule has 2 aromatic heterocycles. The van der Waals surface area contributed by atoms with E-state index in [1.807, 2.05) is 7.05 Å². The molecule has 3 heteroatoms. The number of aryl methyl sites for hydroxylation is 1. The molecule has 0 saturated heterocycles. The van der Waals surface area contributed by atoms with Crippen LogP contribution in [0.5, 0.6) is 0 Å². The fraction of sp³-hybridized carbons (Fsp3) is 0.150. The summed E-state index contributed by atoms with van der Waals surface area (Å²) in [5.74, 6) is 0. The Balaban J connectivity index is 1.61. The third-order valence-corrected chi connectivity index (χ3v) is 9.43. The molecule has 0 bridgehead atoms. The third kappa shape index (κ3) is 3.61. The van der Waals surface area contributed by atoms with Crippen LogP contribution in [0.1, 0.15) is 37.5 Å². The van der Waals surface area contributed by atoms with Gasteiger partial charge in [-0.3, -0.25) is 9.56 Å². The van der Waals surface area contributed by atoms with E-state index in [1.165, 1.54) is 44.3 Å². The SMILES string of the molecule is CCc1c2ccccc2nc2c1c(=NC)c1cc(-c3ccccc3)ccc1n2-c1cccc2c1-c1ccccc1C2(C)C. The van der Waals surface area contributed by atoms with E-state index in [1.54, 1.807) is 0 Å². The van der Waals surface area contributed by atoms with E-state index < -0.39 is 0 Å². The highest BCUT2D eigenvalue weighted by Gasteiger charge is 2.37. The molecule has 0 aliphatic heterocycles. The fourth-order valence-corrected chi connectivity index (χ4v) is 7.42. The maximum absolute atomic E-state index is 5.42. The van der Waals surface area contributed by atoms with Crippen molar-refractivity contribution >= 4 is 32.8 Å². The van der Waals surface area contributed by atoms with Crippen LogP contribution in [0.4, 0.5) is 0 Å². The van der Waals surface area contributed by atoms with Gasteiger partial charge in [0.15, 0.2) is 0 Å². The second-order valence-corrected chi connectivity index (χ2v) is 12.0. The maximum atomic E-state index is 5.42. The monoisotopic (exact) mass is 555 g/mol. The van der Waals surface area contributed by atoms with Crippen molar-refractivity contribution in [3.63, 3.8) is 0 Å². The molecule has 1 aliphatic carbocycles. The van der Waals surface area contributed by atoms with Crippen LogP contribution < -0.4 is 5.36 Å². The number of benzene rings is 5. The summed E-state index contributed by atoms with van der Waals surface area (Å²) < 4.78 is 2.41. The zero-order valence-corrected chi connectivity index (χ0v) is 25.0. The number of aromatic nitrogens is 2. The van der Waals surface area contributed by atoms with Gasteiger partial charge in [0.2, 0.25) is 0 Å². The molecule has 43 heavy (non-hydrogen) atoms. The number of pyridine rings is 2. The largest absolute Gasteiger partial charge is 0.293 e. The van der Waals surface area contributed by atoms with Gasteiger partial charge in [-0.25, -0.2) is 4.98 Å². The molecule has 0 saturated carbocycles. The lowest BCUT2D eigenvalue weighted by Gasteiger charge is -2.23. The lowest BCUT2D eigenvalue weighted by Crippen LogP contribution is -2.17. The van der Waals surface area contributed by atoms with E-state index >= 15 is 0 Å². The van der Waals surface area contributed by atoms with E-state index in [-0.39, 0.29) is 5.41 Å². The minimum Gasteiger partial charge on any atom is -0.293 e. The Labute approximate surface area is 251 Å². The molecule has 7 aromatic rings. The number of hydrogen-bond donors (Lipinski definition) is 0. The topological polar surface area (TPSA) is 30.2 Å². The highest BCUT2D eigenvalue weighted by atomic mass is 15.0. The predicted octanol–water partition coefficient (Wildman–Crippen LogP) is 9.40. The van der Waals surface area contributed by atoms with Crippen LogP contribution in [0.15, 0.2) is 120 Å². The Morgan fingerprint density at radius 2 is 1.47 bits per heavy atom. The Bertz CT molecular complexity index is 2310. The zero-order chi connectivity index (χ0) is 29.3. The van der Waals surface area contributed by atoms with Gasteiger partial charge in [0.25, 0.3) is 0 Å². The second kappa shape index (κ2) is 9.50. The van der Waals surface area contributed by atoms with E-state index in [0.29, 0.717) is 0 Å². The molecule has 208 valence electrons. The van der Waals surface area contributed by atoms with E-state index in [2.05, 4.69) is 141 Å². The maximum Gasteiger partial charge on any atom is 0.148 e. The molecule has 1 aliphatic rings. The number of nitrogens with zero attached hydrogens (tertiary/aromatic N) is 3. The summed E-state index contributed by atoms with van der Waals surface area (Å²) in [5, 5.41) is 4.45. The van der Waals surface area contributed by atoms with Gasteiger partial charge in [-0.1, -0.05) is 112 Å². The molecule has 0 radical (unpaired) electrons. The minimum atomic E-state index is -0.0953. The molecular formula is C40H33N3. The van der Waals surface area contributed by atoms with Crippen LogP contribution in [0.25, 0.3) is 60.8 Å². The molecule has 0 unspecified atom stereocenters. The second-order valence-electron chi connectivity index (χ2n) is 12.0. The van der Waals surface area contributed by atoms with Crippen LogP contribution in [-0.4, -0.2) is 16.6 Å². The normalized spacial score (nSPS) is 14.0. The van der Waals surface area contributed by atoms with Crippen molar-refractivity contribution < 1.29 is 0 Å². The summed E-state index contributed by atoms with van der Waals surface area (Å²) in [4.78, 5) is 10.4. The average Bonchev–Trinajstić information content (AvgIpc) is 3.29. The molecular weight excluding hydrogens is 522 g/mol. The lowest BCUT2D eigenvalue weighted by atomic mass is 9.82. The fourth-order valence-electron chi connectivity index (χ4n) is 7.42. The molecule has 3 nitrogen and oxygen atoms in total. The van der Waals surface area contributed by atoms with Gasteiger partial charge in [0.1, 0.15) is 5.65 Å². The molecule has 2 heterocycles. The van der Waals surface area contributed by atoms with Gasteiger partial charge in [-0.15, -0.1) is 0 Å². The van der Waals surface area contributed by atoms with E-state index in [0.717, 1.165) is 44.9 Å². The van der Waals surface area contributed by atoms with Crippen LogP contribution in [-0.2, 0) is 11.8 Å². The van der Waals surface area contributed by atoms with Crippen LogP contribution in [0, 0.1) is 0 Å². The quantitative estimate of drug-likeness (QED) is 0.200. The Hall–Kier alpha value is -5.02. The van der Waals surface area contributed by atoms with Crippen LogP contribution in [0.2, 0.25) is 0 Å². The van der Waals surface area contributed by atoms with Crippen molar-refractivity contribution in [3.8, 4) is 27.9 Å². The smallest absolute Gasteiger partial charge is 0.148 e. The molecule has 0 fully saturated rings. The molecule has 0 N–H and O–H groups in total. The highest BCUT2D eigenvalue weighted by Crippen LogP contribution is 2.51. The van der Waals surface area contributed by atoms with Gasteiger partial charge >= 0.3 is 0 Å². The first-order valence-electron chi connectivity index (χ1n) is 15.1. The Morgan fingerprint density at radius 3 is 2.28 bits per heavy atom. The van der Waals surface area contributed by atoms with E-state index in [9.17, 15) is 0 Å². The summed E-state index contributed by atoms with van der Waals surface area (Å²) in [7, 11) is 1.92. The molecule has 0 spiro atoms. The number of hydrogen-bond acceptors (Lipinski definition) is 2. The van der Waals surface area contributed by atoms with Crippen LogP contribution >= 0.6 is 0 Å². The van der Waals surface area contributed by atoms with Gasteiger partial charge in [0, 0.05) is 34.2 Å². The number of fused-ring (bicyclic) bond motifs is 6. The van der Waals surface area contributed by atoms with E-state index in [4.69, 9.17) is 9.98 Å². The summed E-state index contributed by atoms with van der Waals surface area (Å²) in [6.07, 6.45) is 0.884. The first-order chi connectivity index (χ1) is 21.0. The van der Waals surface area contributed by atoms with Crippen molar-refractivity contribution in [1.82, 2.24) is 9.55 Å². The lowest BCUT2D eigenvalue weighted by molar-refractivity contribution is 0.660. The molecule has 0 atom stereocenters. The van der Waals surface area contributed by atoms with Crippen molar-refractivity contribution in [2.45, 2.75) is 32.6 Å². The average molecular weight is 556 g/mol. The molecule has 0 amide bonds. The van der Waals surface area contributed by atoms with Gasteiger partial charge in [-0.05, 0) is 64.1 Å². The Kier molecular flexibility index (Phi) is 5.67. The Morgan fingerprint density at radius 1 is 0.721 bits per heavy atom. The summed E-state index contributed by atoms with van der Waals surface area (Å²) in [5.41, 5.74) is 13.1. The molecule has 8 rings (SSSR count). The van der Waals surface area contributed by atoms with Crippen molar-refractivity contribution in [3.05, 3.63) is 137 Å². The van der Waals surface area contributed by atoms with Gasteiger partial charge in [0.05, 0.1) is 22.1 Å². The number of rotatable bonds is 3. The first kappa shape index (κ1) is 25.7. The zero-order valence-electron chi connectivity index (χ0n) is 25.0. The highest BCUT2D eigenvalue weighted by molar-refractivity contribution is 6.04. The van der Waals surface area contributed by atoms with Crippen LogP contribution in [0.3, 0.4) is 0 Å². The minimum absolute atomic E-state index is 0.0953. The van der Waals surface area contributed by atoms with Crippen molar-refractivity contribution in [2.24, 2.45) is 4.99 Å². The third-order valence-electron chi connectivity index (χ3n) is 9.43. The predicted molar refractivity (Wildman–Crippen MR) is 180 cm³/mol.